The monoisotopic (exact) mass is 427 g/mol. The standard InChI is InChI=1S/C25H33NO5/c1-3-30-24(28)25(17-21-6-4-7-23(16-21)29-2)12-5-13-26(19-25)18-20-8-10-22(11-9-20)31-15-14-27/h4,6-11,16,27H,3,5,12-15,17-19H2,1-2H3. The maximum absolute atomic E-state index is 13.1. The number of likely N-dealkylation sites (tertiary alicyclic amines) is 1. The summed E-state index contributed by atoms with van der Waals surface area (Å²) in [5, 5.41) is 8.89. The molecular formula is C25H33NO5. The first kappa shape index (κ1) is 23.1. The van der Waals surface area contributed by atoms with Crippen LogP contribution in [0.4, 0.5) is 0 Å². The molecule has 1 fully saturated rings. The van der Waals surface area contributed by atoms with Crippen LogP contribution in [0.3, 0.4) is 0 Å². The van der Waals surface area contributed by atoms with Crippen LogP contribution in [0, 0.1) is 5.41 Å². The Balaban J connectivity index is 1.74. The van der Waals surface area contributed by atoms with E-state index in [4.69, 9.17) is 19.3 Å². The Kier molecular flexibility index (Phi) is 8.32. The van der Waals surface area contributed by atoms with E-state index in [2.05, 4.69) is 4.90 Å². The highest BCUT2D eigenvalue weighted by molar-refractivity contribution is 5.78. The average Bonchev–Trinajstić information content (AvgIpc) is 2.79. The van der Waals surface area contributed by atoms with Gasteiger partial charge in [0.05, 0.1) is 25.7 Å². The van der Waals surface area contributed by atoms with Gasteiger partial charge in [-0.15, -0.1) is 0 Å². The second-order valence-corrected chi connectivity index (χ2v) is 8.06. The van der Waals surface area contributed by atoms with Crippen molar-refractivity contribution in [2.75, 3.05) is 40.0 Å². The zero-order chi connectivity index (χ0) is 22.1. The van der Waals surface area contributed by atoms with E-state index in [1.807, 2.05) is 55.5 Å². The summed E-state index contributed by atoms with van der Waals surface area (Å²) in [5.74, 6) is 1.43. The molecule has 0 aliphatic carbocycles. The number of hydrogen-bond donors (Lipinski definition) is 1. The molecule has 0 bridgehead atoms. The van der Waals surface area contributed by atoms with Crippen LogP contribution in [-0.2, 0) is 22.5 Å². The molecule has 0 spiro atoms. The van der Waals surface area contributed by atoms with Crippen LogP contribution < -0.4 is 9.47 Å². The molecule has 0 amide bonds. The van der Waals surface area contributed by atoms with E-state index in [1.165, 1.54) is 0 Å². The van der Waals surface area contributed by atoms with Gasteiger partial charge in [-0.1, -0.05) is 24.3 Å². The molecule has 6 heteroatoms. The lowest BCUT2D eigenvalue weighted by molar-refractivity contribution is -0.159. The molecule has 1 aliphatic rings. The lowest BCUT2D eigenvalue weighted by atomic mass is 9.75. The van der Waals surface area contributed by atoms with E-state index in [1.54, 1.807) is 7.11 Å². The molecular weight excluding hydrogens is 394 g/mol. The summed E-state index contributed by atoms with van der Waals surface area (Å²) >= 11 is 0. The van der Waals surface area contributed by atoms with Crippen molar-refractivity contribution in [1.29, 1.82) is 0 Å². The first-order chi connectivity index (χ1) is 15.1. The van der Waals surface area contributed by atoms with Gasteiger partial charge in [-0.3, -0.25) is 9.69 Å². The summed E-state index contributed by atoms with van der Waals surface area (Å²) in [7, 11) is 1.66. The summed E-state index contributed by atoms with van der Waals surface area (Å²) in [6.45, 7) is 4.90. The van der Waals surface area contributed by atoms with Gasteiger partial charge in [0.25, 0.3) is 0 Å². The van der Waals surface area contributed by atoms with E-state index in [-0.39, 0.29) is 19.2 Å². The van der Waals surface area contributed by atoms with E-state index in [9.17, 15) is 4.79 Å². The van der Waals surface area contributed by atoms with Crippen molar-refractivity contribution in [3.8, 4) is 11.5 Å². The quantitative estimate of drug-likeness (QED) is 0.586. The number of aliphatic hydroxyl groups excluding tert-OH is 1. The van der Waals surface area contributed by atoms with Crippen LogP contribution >= 0.6 is 0 Å². The minimum Gasteiger partial charge on any atom is -0.497 e. The predicted molar refractivity (Wildman–Crippen MR) is 119 cm³/mol. The molecule has 1 saturated heterocycles. The van der Waals surface area contributed by atoms with E-state index >= 15 is 0 Å². The molecule has 1 unspecified atom stereocenters. The Morgan fingerprint density at radius 1 is 1.13 bits per heavy atom. The number of ether oxygens (including phenoxy) is 3. The third kappa shape index (κ3) is 6.21. The van der Waals surface area contributed by atoms with E-state index in [0.29, 0.717) is 19.6 Å². The van der Waals surface area contributed by atoms with Crippen molar-refractivity contribution >= 4 is 5.97 Å². The predicted octanol–water partition coefficient (Wildman–Crippen LogP) is 3.45. The van der Waals surface area contributed by atoms with Crippen molar-refractivity contribution in [2.24, 2.45) is 5.41 Å². The summed E-state index contributed by atoms with van der Waals surface area (Å²) in [6.07, 6.45) is 2.39. The summed E-state index contributed by atoms with van der Waals surface area (Å²) in [5.41, 5.74) is 1.68. The van der Waals surface area contributed by atoms with Gasteiger partial charge in [0.1, 0.15) is 18.1 Å². The minimum atomic E-state index is -0.565. The third-order valence-electron chi connectivity index (χ3n) is 5.73. The zero-order valence-corrected chi connectivity index (χ0v) is 18.5. The first-order valence-corrected chi connectivity index (χ1v) is 10.9. The number of carbonyl (C=O) groups is 1. The molecule has 1 heterocycles. The Labute approximate surface area is 184 Å². The minimum absolute atomic E-state index is 0.00123. The molecule has 3 rings (SSSR count). The van der Waals surface area contributed by atoms with Gasteiger partial charge in [-0.05, 0) is 68.1 Å². The van der Waals surface area contributed by atoms with Crippen LogP contribution in [0.5, 0.6) is 11.5 Å². The fourth-order valence-electron chi connectivity index (χ4n) is 4.32. The molecule has 2 aromatic carbocycles. The van der Waals surface area contributed by atoms with Crippen molar-refractivity contribution in [3.63, 3.8) is 0 Å². The SMILES string of the molecule is CCOC(=O)C1(Cc2cccc(OC)c2)CCCN(Cc2ccc(OCCO)cc2)C1. The van der Waals surface area contributed by atoms with Gasteiger partial charge < -0.3 is 19.3 Å². The summed E-state index contributed by atoms with van der Waals surface area (Å²) in [4.78, 5) is 15.4. The van der Waals surface area contributed by atoms with Crippen LogP contribution in [0.15, 0.2) is 48.5 Å². The number of piperidine rings is 1. The fraction of sp³-hybridized carbons (Fsp3) is 0.480. The maximum Gasteiger partial charge on any atom is 0.313 e. The van der Waals surface area contributed by atoms with Gasteiger partial charge >= 0.3 is 5.97 Å². The summed E-state index contributed by atoms with van der Waals surface area (Å²) < 4.78 is 16.3. The first-order valence-electron chi connectivity index (χ1n) is 10.9. The van der Waals surface area contributed by atoms with Gasteiger partial charge in [0.2, 0.25) is 0 Å². The number of rotatable bonds is 10. The van der Waals surface area contributed by atoms with Gasteiger partial charge in [0.15, 0.2) is 0 Å². The number of aliphatic hydroxyl groups is 1. The number of benzene rings is 2. The zero-order valence-electron chi connectivity index (χ0n) is 18.5. The average molecular weight is 428 g/mol. The molecule has 1 N–H and O–H groups in total. The van der Waals surface area contributed by atoms with Crippen molar-refractivity contribution in [2.45, 2.75) is 32.7 Å². The third-order valence-corrected chi connectivity index (χ3v) is 5.73. The normalized spacial score (nSPS) is 19.1. The van der Waals surface area contributed by atoms with Crippen LogP contribution in [-0.4, -0.2) is 56.0 Å². The Bertz CT molecular complexity index is 838. The highest BCUT2D eigenvalue weighted by Gasteiger charge is 2.43. The Morgan fingerprint density at radius 3 is 2.65 bits per heavy atom. The Morgan fingerprint density at radius 2 is 1.94 bits per heavy atom. The van der Waals surface area contributed by atoms with E-state index in [0.717, 1.165) is 48.6 Å². The van der Waals surface area contributed by atoms with Crippen molar-refractivity contribution < 1.29 is 24.1 Å². The number of hydrogen-bond acceptors (Lipinski definition) is 6. The Hall–Kier alpha value is -2.57. The lowest BCUT2D eigenvalue weighted by Crippen LogP contribution is -2.49. The van der Waals surface area contributed by atoms with Crippen molar-refractivity contribution in [1.82, 2.24) is 4.90 Å². The fourth-order valence-corrected chi connectivity index (χ4v) is 4.32. The maximum atomic E-state index is 13.1. The molecule has 2 aromatic rings. The molecule has 1 aliphatic heterocycles. The summed E-state index contributed by atoms with van der Waals surface area (Å²) in [6, 6.07) is 15.9. The second kappa shape index (κ2) is 11.2. The van der Waals surface area contributed by atoms with Crippen molar-refractivity contribution in [3.05, 3.63) is 59.7 Å². The smallest absolute Gasteiger partial charge is 0.313 e. The lowest BCUT2D eigenvalue weighted by Gasteiger charge is -2.41. The van der Waals surface area contributed by atoms with Gasteiger partial charge in [-0.2, -0.15) is 0 Å². The van der Waals surface area contributed by atoms with E-state index < -0.39 is 5.41 Å². The second-order valence-electron chi connectivity index (χ2n) is 8.06. The van der Waals surface area contributed by atoms with Crippen LogP contribution in [0.2, 0.25) is 0 Å². The molecule has 168 valence electrons. The molecule has 1 atom stereocenters. The van der Waals surface area contributed by atoms with Gasteiger partial charge in [0, 0.05) is 13.1 Å². The van der Waals surface area contributed by atoms with Crippen LogP contribution in [0.25, 0.3) is 0 Å². The molecule has 0 aromatic heterocycles. The van der Waals surface area contributed by atoms with Crippen LogP contribution in [0.1, 0.15) is 30.9 Å². The molecule has 0 saturated carbocycles. The van der Waals surface area contributed by atoms with Gasteiger partial charge in [-0.25, -0.2) is 0 Å². The molecule has 31 heavy (non-hydrogen) atoms. The topological polar surface area (TPSA) is 68.2 Å². The molecule has 0 radical (unpaired) electrons. The number of nitrogens with zero attached hydrogens (tertiary/aromatic N) is 1. The molecule has 6 nitrogen and oxygen atoms in total. The number of carbonyl (C=O) groups excluding carboxylic acids is 1. The highest BCUT2D eigenvalue weighted by Crippen LogP contribution is 2.36. The largest absolute Gasteiger partial charge is 0.497 e. The number of methoxy groups -OCH3 is 1. The highest BCUT2D eigenvalue weighted by atomic mass is 16.5. The number of esters is 1.